The summed E-state index contributed by atoms with van der Waals surface area (Å²) in [4.78, 5) is 4.72. The Morgan fingerprint density at radius 3 is 2.52 bits per heavy atom. The predicted molar refractivity (Wildman–Crippen MR) is 87.7 cm³/mol. The highest BCUT2D eigenvalue weighted by atomic mass is 16.5. The molecule has 1 saturated carbocycles. The summed E-state index contributed by atoms with van der Waals surface area (Å²) in [5.41, 5.74) is 2.43. The molecule has 0 unspecified atom stereocenters. The summed E-state index contributed by atoms with van der Waals surface area (Å²) < 4.78 is 6.02. The highest BCUT2D eigenvalue weighted by Gasteiger charge is 2.22. The van der Waals surface area contributed by atoms with Crippen LogP contribution >= 0.6 is 0 Å². The first-order chi connectivity index (χ1) is 9.84. The maximum atomic E-state index is 6.02. The molecule has 3 nitrogen and oxygen atoms in total. The van der Waals surface area contributed by atoms with Gasteiger partial charge in [0, 0.05) is 18.0 Å². The molecule has 1 fully saturated rings. The number of aromatic nitrogens is 1. The van der Waals surface area contributed by atoms with Gasteiger partial charge in [-0.15, -0.1) is 0 Å². The molecule has 1 heterocycles. The van der Waals surface area contributed by atoms with E-state index in [1.54, 1.807) is 0 Å². The second-order valence-corrected chi connectivity index (χ2v) is 7.64. The van der Waals surface area contributed by atoms with Crippen molar-refractivity contribution in [2.75, 3.05) is 6.54 Å². The molecule has 118 valence electrons. The molecular formula is C18H30N2O. The van der Waals surface area contributed by atoms with Crippen LogP contribution in [0.25, 0.3) is 0 Å². The lowest BCUT2D eigenvalue weighted by Crippen LogP contribution is -2.26. The van der Waals surface area contributed by atoms with Crippen molar-refractivity contribution in [2.24, 2.45) is 5.92 Å². The number of hydrogen-bond donors (Lipinski definition) is 1. The molecular weight excluding hydrogens is 260 g/mol. The lowest BCUT2D eigenvalue weighted by atomic mass is 9.90. The minimum Gasteiger partial charge on any atom is -0.474 e. The third kappa shape index (κ3) is 4.99. The van der Waals surface area contributed by atoms with E-state index < -0.39 is 0 Å². The first-order valence-electron chi connectivity index (χ1n) is 8.23. The SMILES string of the molecule is CC(C)CNCc1cc(OC2CCC2)nc(C(C)(C)C)c1. The van der Waals surface area contributed by atoms with Crippen LogP contribution in [-0.2, 0) is 12.0 Å². The van der Waals surface area contributed by atoms with Crippen LogP contribution in [0.5, 0.6) is 5.88 Å². The van der Waals surface area contributed by atoms with Crippen molar-refractivity contribution in [1.29, 1.82) is 0 Å². The van der Waals surface area contributed by atoms with Gasteiger partial charge in [0.15, 0.2) is 0 Å². The van der Waals surface area contributed by atoms with Gasteiger partial charge in [-0.2, -0.15) is 0 Å². The zero-order valence-electron chi connectivity index (χ0n) is 14.2. The Morgan fingerprint density at radius 2 is 2.00 bits per heavy atom. The molecule has 21 heavy (non-hydrogen) atoms. The number of pyridine rings is 1. The van der Waals surface area contributed by atoms with Gasteiger partial charge in [0.1, 0.15) is 6.10 Å². The highest BCUT2D eigenvalue weighted by Crippen LogP contribution is 2.28. The fourth-order valence-corrected chi connectivity index (χ4v) is 2.27. The fourth-order valence-electron chi connectivity index (χ4n) is 2.27. The Balaban J connectivity index is 2.11. The summed E-state index contributed by atoms with van der Waals surface area (Å²) in [6.07, 6.45) is 4.00. The summed E-state index contributed by atoms with van der Waals surface area (Å²) in [7, 11) is 0. The Bertz CT molecular complexity index is 459. The van der Waals surface area contributed by atoms with E-state index >= 15 is 0 Å². The van der Waals surface area contributed by atoms with E-state index in [1.807, 2.05) is 0 Å². The van der Waals surface area contributed by atoms with Crippen LogP contribution in [0.4, 0.5) is 0 Å². The van der Waals surface area contributed by atoms with Crippen LogP contribution in [0.3, 0.4) is 0 Å². The molecule has 0 spiro atoms. The lowest BCUT2D eigenvalue weighted by Gasteiger charge is -2.27. The van der Waals surface area contributed by atoms with Gasteiger partial charge in [-0.05, 0) is 43.4 Å². The topological polar surface area (TPSA) is 34.1 Å². The number of nitrogens with zero attached hydrogens (tertiary/aromatic N) is 1. The molecule has 0 aliphatic heterocycles. The van der Waals surface area contributed by atoms with Crippen molar-refractivity contribution in [3.8, 4) is 5.88 Å². The number of ether oxygens (including phenoxy) is 1. The van der Waals surface area contributed by atoms with E-state index in [2.05, 4.69) is 52.1 Å². The van der Waals surface area contributed by atoms with Gasteiger partial charge in [-0.3, -0.25) is 0 Å². The summed E-state index contributed by atoms with van der Waals surface area (Å²) in [6, 6.07) is 4.31. The van der Waals surface area contributed by atoms with Gasteiger partial charge >= 0.3 is 0 Å². The van der Waals surface area contributed by atoms with Crippen LogP contribution in [0.1, 0.15) is 65.1 Å². The monoisotopic (exact) mass is 290 g/mol. The van der Waals surface area contributed by atoms with Crippen LogP contribution in [0.2, 0.25) is 0 Å². The maximum Gasteiger partial charge on any atom is 0.214 e. The van der Waals surface area contributed by atoms with Crippen molar-refractivity contribution in [3.05, 3.63) is 23.4 Å². The number of nitrogens with one attached hydrogen (secondary N) is 1. The molecule has 1 aliphatic carbocycles. The second-order valence-electron chi connectivity index (χ2n) is 7.64. The standard InChI is InChI=1S/C18H30N2O/c1-13(2)11-19-12-14-9-16(18(3,4)5)20-17(10-14)21-15-7-6-8-15/h9-10,13,15,19H,6-8,11-12H2,1-5H3. The van der Waals surface area contributed by atoms with Gasteiger partial charge in [0.2, 0.25) is 5.88 Å². The zero-order chi connectivity index (χ0) is 15.5. The molecule has 1 aliphatic rings. The summed E-state index contributed by atoms with van der Waals surface area (Å²) in [5, 5.41) is 3.50. The Hall–Kier alpha value is -1.09. The zero-order valence-corrected chi connectivity index (χ0v) is 14.2. The van der Waals surface area contributed by atoms with Gasteiger partial charge in [0.25, 0.3) is 0 Å². The molecule has 0 saturated heterocycles. The molecule has 1 N–H and O–H groups in total. The number of rotatable bonds is 6. The summed E-state index contributed by atoms with van der Waals surface area (Å²) in [6.45, 7) is 13.0. The molecule has 1 aromatic heterocycles. The first kappa shape index (κ1) is 16.3. The predicted octanol–water partition coefficient (Wildman–Crippen LogP) is 4.06. The molecule has 1 aromatic rings. The molecule has 0 radical (unpaired) electrons. The van der Waals surface area contributed by atoms with E-state index in [0.717, 1.165) is 24.7 Å². The average molecular weight is 290 g/mol. The number of hydrogen-bond acceptors (Lipinski definition) is 3. The molecule has 0 amide bonds. The van der Waals surface area contributed by atoms with Crippen LogP contribution in [0, 0.1) is 5.92 Å². The van der Waals surface area contributed by atoms with E-state index in [-0.39, 0.29) is 5.41 Å². The smallest absolute Gasteiger partial charge is 0.214 e. The highest BCUT2D eigenvalue weighted by molar-refractivity contribution is 5.28. The second kappa shape index (κ2) is 6.78. The van der Waals surface area contributed by atoms with Crippen molar-refractivity contribution in [3.63, 3.8) is 0 Å². The molecule has 2 rings (SSSR count). The quantitative estimate of drug-likeness (QED) is 0.858. The van der Waals surface area contributed by atoms with E-state index in [4.69, 9.17) is 9.72 Å². The van der Waals surface area contributed by atoms with Crippen LogP contribution < -0.4 is 10.1 Å². The Labute approximate surface area is 129 Å². The average Bonchev–Trinajstić information content (AvgIpc) is 2.32. The minimum absolute atomic E-state index is 0.0474. The third-order valence-electron chi connectivity index (χ3n) is 3.85. The van der Waals surface area contributed by atoms with Crippen molar-refractivity contribution in [2.45, 2.75) is 71.9 Å². The van der Waals surface area contributed by atoms with Crippen LogP contribution in [0.15, 0.2) is 12.1 Å². The van der Waals surface area contributed by atoms with Crippen molar-refractivity contribution in [1.82, 2.24) is 10.3 Å². The third-order valence-corrected chi connectivity index (χ3v) is 3.85. The van der Waals surface area contributed by atoms with E-state index in [0.29, 0.717) is 12.0 Å². The maximum absolute atomic E-state index is 6.02. The Morgan fingerprint density at radius 1 is 1.29 bits per heavy atom. The fraction of sp³-hybridized carbons (Fsp3) is 0.722. The molecule has 0 atom stereocenters. The lowest BCUT2D eigenvalue weighted by molar-refractivity contribution is 0.114. The minimum atomic E-state index is 0.0474. The van der Waals surface area contributed by atoms with Gasteiger partial charge in [-0.1, -0.05) is 34.6 Å². The van der Waals surface area contributed by atoms with Gasteiger partial charge in [0.05, 0.1) is 5.69 Å². The normalized spacial score (nSPS) is 16.1. The van der Waals surface area contributed by atoms with Gasteiger partial charge < -0.3 is 10.1 Å². The van der Waals surface area contributed by atoms with E-state index in [1.165, 1.54) is 24.8 Å². The van der Waals surface area contributed by atoms with Gasteiger partial charge in [-0.25, -0.2) is 4.98 Å². The largest absolute Gasteiger partial charge is 0.474 e. The van der Waals surface area contributed by atoms with Crippen LogP contribution in [-0.4, -0.2) is 17.6 Å². The van der Waals surface area contributed by atoms with Crippen molar-refractivity contribution >= 4 is 0 Å². The van der Waals surface area contributed by atoms with Crippen molar-refractivity contribution < 1.29 is 4.74 Å². The summed E-state index contributed by atoms with van der Waals surface area (Å²) in [5.74, 6) is 1.47. The summed E-state index contributed by atoms with van der Waals surface area (Å²) >= 11 is 0. The molecule has 0 aromatic carbocycles. The first-order valence-corrected chi connectivity index (χ1v) is 8.23. The van der Waals surface area contributed by atoms with E-state index in [9.17, 15) is 0 Å². The molecule has 0 bridgehead atoms. The molecule has 3 heteroatoms. The Kier molecular flexibility index (Phi) is 5.26.